The molecular weight excluding hydrogens is 341 g/mol. The van der Waals surface area contributed by atoms with E-state index in [4.69, 9.17) is 5.73 Å². The van der Waals surface area contributed by atoms with Crippen molar-refractivity contribution in [3.8, 4) is 0 Å². The SMILES string of the molecule is CCc1nn(CC)c(CSc2cc(F)ccc2N)c1Br. The zero-order chi connectivity index (χ0) is 14.7. The van der Waals surface area contributed by atoms with E-state index in [-0.39, 0.29) is 5.82 Å². The molecule has 3 nitrogen and oxygen atoms in total. The third-order valence-corrected chi connectivity index (χ3v) is 5.03. The predicted molar refractivity (Wildman–Crippen MR) is 85.4 cm³/mol. The summed E-state index contributed by atoms with van der Waals surface area (Å²) >= 11 is 5.13. The van der Waals surface area contributed by atoms with Crippen LogP contribution in [0.3, 0.4) is 0 Å². The second kappa shape index (κ2) is 6.63. The number of aromatic nitrogens is 2. The van der Waals surface area contributed by atoms with E-state index in [9.17, 15) is 4.39 Å². The van der Waals surface area contributed by atoms with Gasteiger partial charge in [-0.2, -0.15) is 5.10 Å². The van der Waals surface area contributed by atoms with E-state index >= 15 is 0 Å². The highest BCUT2D eigenvalue weighted by Gasteiger charge is 2.14. The Hall–Kier alpha value is -1.01. The summed E-state index contributed by atoms with van der Waals surface area (Å²) < 4.78 is 16.3. The average molecular weight is 358 g/mol. The minimum absolute atomic E-state index is 0.265. The van der Waals surface area contributed by atoms with Crippen LogP contribution in [0.15, 0.2) is 27.6 Å². The molecule has 20 heavy (non-hydrogen) atoms. The fourth-order valence-corrected chi connectivity index (χ4v) is 3.84. The molecule has 0 atom stereocenters. The first-order chi connectivity index (χ1) is 9.56. The van der Waals surface area contributed by atoms with Gasteiger partial charge in [0.05, 0.1) is 15.9 Å². The smallest absolute Gasteiger partial charge is 0.124 e. The molecule has 0 bridgehead atoms. The number of nitrogens with two attached hydrogens (primary N) is 1. The number of benzene rings is 1. The van der Waals surface area contributed by atoms with Crippen molar-refractivity contribution in [1.82, 2.24) is 9.78 Å². The van der Waals surface area contributed by atoms with Gasteiger partial charge in [0.2, 0.25) is 0 Å². The molecule has 2 N–H and O–H groups in total. The Balaban J connectivity index is 2.22. The van der Waals surface area contributed by atoms with Gasteiger partial charge in [-0.25, -0.2) is 4.39 Å². The van der Waals surface area contributed by atoms with Gasteiger partial charge in [0.15, 0.2) is 0 Å². The number of hydrogen-bond acceptors (Lipinski definition) is 3. The Morgan fingerprint density at radius 2 is 2.15 bits per heavy atom. The molecule has 1 aromatic carbocycles. The first-order valence-corrected chi connectivity index (χ1v) is 8.26. The lowest BCUT2D eigenvalue weighted by molar-refractivity contribution is 0.624. The lowest BCUT2D eigenvalue weighted by Crippen LogP contribution is -2.02. The summed E-state index contributed by atoms with van der Waals surface area (Å²) in [6, 6.07) is 4.45. The maximum absolute atomic E-state index is 13.3. The van der Waals surface area contributed by atoms with E-state index in [2.05, 4.69) is 34.9 Å². The highest BCUT2D eigenvalue weighted by Crippen LogP contribution is 2.32. The van der Waals surface area contributed by atoms with Gasteiger partial charge in [0, 0.05) is 22.9 Å². The third-order valence-electron chi connectivity index (χ3n) is 3.03. The molecule has 0 saturated heterocycles. The monoisotopic (exact) mass is 357 g/mol. The van der Waals surface area contributed by atoms with Gasteiger partial charge in [-0.15, -0.1) is 11.8 Å². The van der Waals surface area contributed by atoms with Crippen LogP contribution in [-0.2, 0) is 18.7 Å². The predicted octanol–water partition coefficient (Wildman–Crippen LogP) is 4.24. The Kier molecular flexibility index (Phi) is 5.10. The molecule has 2 aromatic rings. The second-order valence-electron chi connectivity index (χ2n) is 4.35. The molecular formula is C14H17BrFN3S. The fraction of sp³-hybridized carbons (Fsp3) is 0.357. The molecule has 0 aliphatic rings. The molecule has 0 aliphatic carbocycles. The molecule has 0 unspecified atom stereocenters. The number of nitrogens with zero attached hydrogens (tertiary/aromatic N) is 2. The van der Waals surface area contributed by atoms with Crippen LogP contribution in [0.5, 0.6) is 0 Å². The molecule has 2 rings (SSSR count). The maximum atomic E-state index is 13.3. The average Bonchev–Trinajstić information content (AvgIpc) is 2.75. The Morgan fingerprint density at radius 1 is 1.40 bits per heavy atom. The van der Waals surface area contributed by atoms with Crippen molar-refractivity contribution < 1.29 is 4.39 Å². The fourth-order valence-electron chi connectivity index (χ4n) is 1.93. The molecule has 0 amide bonds. The van der Waals surface area contributed by atoms with Crippen molar-refractivity contribution in [3.63, 3.8) is 0 Å². The zero-order valence-electron chi connectivity index (χ0n) is 11.5. The van der Waals surface area contributed by atoms with Gasteiger partial charge in [-0.1, -0.05) is 6.92 Å². The van der Waals surface area contributed by atoms with Crippen LogP contribution >= 0.6 is 27.7 Å². The number of nitrogen functional groups attached to an aromatic ring is 1. The number of halogens is 2. The van der Waals surface area contributed by atoms with Crippen LogP contribution < -0.4 is 5.73 Å². The summed E-state index contributed by atoms with van der Waals surface area (Å²) in [5.74, 6) is 0.439. The largest absolute Gasteiger partial charge is 0.398 e. The van der Waals surface area contributed by atoms with Crippen molar-refractivity contribution in [3.05, 3.63) is 39.9 Å². The van der Waals surface area contributed by atoms with Crippen LogP contribution in [0.2, 0.25) is 0 Å². The van der Waals surface area contributed by atoms with E-state index in [0.29, 0.717) is 11.4 Å². The lowest BCUT2D eigenvalue weighted by Gasteiger charge is -2.07. The molecule has 0 spiro atoms. The summed E-state index contributed by atoms with van der Waals surface area (Å²) in [5.41, 5.74) is 8.63. The first kappa shape index (κ1) is 15.4. The molecule has 1 aromatic heterocycles. The highest BCUT2D eigenvalue weighted by atomic mass is 79.9. The van der Waals surface area contributed by atoms with Crippen molar-refractivity contribution >= 4 is 33.4 Å². The van der Waals surface area contributed by atoms with E-state index in [1.54, 1.807) is 6.07 Å². The van der Waals surface area contributed by atoms with Crippen molar-refractivity contribution in [1.29, 1.82) is 0 Å². The van der Waals surface area contributed by atoms with Crippen LogP contribution in [0, 0.1) is 5.82 Å². The van der Waals surface area contributed by atoms with E-state index in [1.807, 2.05) is 4.68 Å². The molecule has 0 saturated carbocycles. The van der Waals surface area contributed by atoms with Gasteiger partial charge < -0.3 is 5.73 Å². The van der Waals surface area contributed by atoms with Gasteiger partial charge in [-0.3, -0.25) is 4.68 Å². The van der Waals surface area contributed by atoms with Crippen LogP contribution in [-0.4, -0.2) is 9.78 Å². The van der Waals surface area contributed by atoms with Crippen LogP contribution in [0.4, 0.5) is 10.1 Å². The zero-order valence-corrected chi connectivity index (χ0v) is 13.9. The first-order valence-electron chi connectivity index (χ1n) is 6.48. The van der Waals surface area contributed by atoms with Crippen molar-refractivity contribution in [2.75, 3.05) is 5.73 Å². The second-order valence-corrected chi connectivity index (χ2v) is 6.16. The van der Waals surface area contributed by atoms with Gasteiger partial charge in [-0.05, 0) is 47.5 Å². The quantitative estimate of drug-likeness (QED) is 0.642. The lowest BCUT2D eigenvalue weighted by atomic mass is 10.3. The minimum Gasteiger partial charge on any atom is -0.398 e. The Labute approximate surface area is 130 Å². The molecule has 108 valence electrons. The molecule has 6 heteroatoms. The third kappa shape index (κ3) is 3.17. The van der Waals surface area contributed by atoms with Crippen LogP contribution in [0.1, 0.15) is 25.2 Å². The highest BCUT2D eigenvalue weighted by molar-refractivity contribution is 9.10. The maximum Gasteiger partial charge on any atom is 0.124 e. The van der Waals surface area contributed by atoms with Gasteiger partial charge in [0.1, 0.15) is 5.82 Å². The van der Waals surface area contributed by atoms with Gasteiger partial charge in [0.25, 0.3) is 0 Å². The Bertz CT molecular complexity index is 613. The number of hydrogen-bond donors (Lipinski definition) is 1. The number of anilines is 1. The minimum atomic E-state index is -0.265. The standard InChI is InChI=1S/C14H17BrFN3S/c1-3-11-14(15)12(19(4-2)18-11)8-20-13-7-9(16)5-6-10(13)17/h5-7H,3-4,8,17H2,1-2H3. The molecule has 0 fully saturated rings. The molecule has 0 radical (unpaired) electrons. The van der Waals surface area contributed by atoms with Crippen molar-refractivity contribution in [2.45, 2.75) is 37.5 Å². The van der Waals surface area contributed by atoms with Crippen LogP contribution in [0.25, 0.3) is 0 Å². The van der Waals surface area contributed by atoms with E-state index < -0.39 is 0 Å². The normalized spacial score (nSPS) is 11.0. The summed E-state index contributed by atoms with van der Waals surface area (Å²) in [6.07, 6.45) is 0.882. The number of aryl methyl sites for hydroxylation is 2. The summed E-state index contributed by atoms with van der Waals surface area (Å²) in [7, 11) is 0. The Morgan fingerprint density at radius 3 is 2.80 bits per heavy atom. The summed E-state index contributed by atoms with van der Waals surface area (Å²) in [4.78, 5) is 0.763. The topological polar surface area (TPSA) is 43.8 Å². The van der Waals surface area contributed by atoms with Crippen molar-refractivity contribution in [2.24, 2.45) is 0 Å². The summed E-state index contributed by atoms with van der Waals surface area (Å²) in [5, 5.41) is 4.55. The molecule has 0 aliphatic heterocycles. The summed E-state index contributed by atoms with van der Waals surface area (Å²) in [6.45, 7) is 4.95. The van der Waals surface area contributed by atoms with E-state index in [0.717, 1.165) is 33.7 Å². The van der Waals surface area contributed by atoms with E-state index in [1.165, 1.54) is 23.9 Å². The number of rotatable bonds is 5. The molecule has 1 heterocycles. The number of thioether (sulfide) groups is 1. The van der Waals surface area contributed by atoms with Gasteiger partial charge >= 0.3 is 0 Å².